The van der Waals surface area contributed by atoms with Crippen LogP contribution in [-0.4, -0.2) is 34.2 Å². The number of rotatable bonds is 5. The molecule has 0 heterocycles. The van der Waals surface area contributed by atoms with E-state index in [1.54, 1.807) is 0 Å². The smallest absolute Gasteiger partial charge is 0.337 e. The van der Waals surface area contributed by atoms with Crippen LogP contribution in [0.3, 0.4) is 0 Å². The van der Waals surface area contributed by atoms with Crippen molar-refractivity contribution in [2.24, 2.45) is 5.41 Å². The maximum atomic E-state index is 12.2. The van der Waals surface area contributed by atoms with Crippen LogP contribution in [0.25, 0.3) is 0 Å². The van der Waals surface area contributed by atoms with E-state index in [1.165, 1.54) is 6.92 Å². The molecule has 1 rings (SSSR count). The minimum Gasteiger partial charge on any atom is -0.479 e. The quantitative estimate of drug-likeness (QED) is 0.693. The van der Waals surface area contributed by atoms with Crippen molar-refractivity contribution < 1.29 is 19.8 Å². The largest absolute Gasteiger partial charge is 0.479 e. The highest BCUT2D eigenvalue weighted by molar-refractivity contribution is 5.84. The van der Waals surface area contributed by atoms with E-state index in [0.717, 1.165) is 38.5 Å². The first-order valence-corrected chi connectivity index (χ1v) is 6.58. The van der Waals surface area contributed by atoms with E-state index in [2.05, 4.69) is 5.32 Å². The van der Waals surface area contributed by atoms with Crippen molar-refractivity contribution in [3.63, 3.8) is 0 Å². The number of hydrogen-bond donors (Lipinski definition) is 3. The second-order valence-corrected chi connectivity index (χ2v) is 5.46. The average molecular weight is 257 g/mol. The number of carbonyl (C=O) groups excluding carboxylic acids is 1. The van der Waals surface area contributed by atoms with Crippen molar-refractivity contribution in [1.82, 2.24) is 5.32 Å². The first-order valence-electron chi connectivity index (χ1n) is 6.58. The summed E-state index contributed by atoms with van der Waals surface area (Å²) in [6, 6.07) is 0. The van der Waals surface area contributed by atoms with Crippen LogP contribution in [0, 0.1) is 5.41 Å². The summed E-state index contributed by atoms with van der Waals surface area (Å²) < 4.78 is 0. The van der Waals surface area contributed by atoms with E-state index in [1.807, 2.05) is 6.92 Å². The number of aliphatic hydroxyl groups is 1. The van der Waals surface area contributed by atoms with Crippen molar-refractivity contribution in [2.75, 3.05) is 6.54 Å². The summed E-state index contributed by atoms with van der Waals surface area (Å²) in [5.74, 6) is -1.44. The minimum atomic E-state index is -1.90. The predicted octanol–water partition coefficient (Wildman–Crippen LogP) is 1.30. The molecule has 1 unspecified atom stereocenters. The number of carbonyl (C=O) groups is 2. The van der Waals surface area contributed by atoms with Gasteiger partial charge < -0.3 is 15.5 Å². The Morgan fingerprint density at radius 2 is 1.83 bits per heavy atom. The third-order valence-corrected chi connectivity index (χ3v) is 4.02. The zero-order valence-electron chi connectivity index (χ0n) is 11.2. The Hall–Kier alpha value is -1.10. The molecule has 1 saturated carbocycles. The van der Waals surface area contributed by atoms with Crippen molar-refractivity contribution in [3.8, 4) is 0 Å². The van der Waals surface area contributed by atoms with Gasteiger partial charge in [-0.1, -0.05) is 26.2 Å². The molecule has 5 nitrogen and oxygen atoms in total. The van der Waals surface area contributed by atoms with Crippen molar-refractivity contribution in [2.45, 2.75) is 58.0 Å². The summed E-state index contributed by atoms with van der Waals surface area (Å²) in [5.41, 5.74) is -2.27. The Labute approximate surface area is 108 Å². The third-order valence-electron chi connectivity index (χ3n) is 4.02. The summed E-state index contributed by atoms with van der Waals surface area (Å²) in [6.45, 7) is 2.93. The zero-order chi connectivity index (χ0) is 13.8. The number of carboxylic acids is 1. The van der Waals surface area contributed by atoms with Crippen LogP contribution >= 0.6 is 0 Å². The van der Waals surface area contributed by atoms with Crippen LogP contribution in [0.5, 0.6) is 0 Å². The van der Waals surface area contributed by atoms with Gasteiger partial charge in [0.2, 0.25) is 5.91 Å². The molecule has 0 radical (unpaired) electrons. The van der Waals surface area contributed by atoms with Gasteiger partial charge in [-0.2, -0.15) is 0 Å². The second-order valence-electron chi connectivity index (χ2n) is 5.46. The summed E-state index contributed by atoms with van der Waals surface area (Å²) in [6.07, 6.45) is 5.69. The number of nitrogens with one attached hydrogen (secondary N) is 1. The first-order chi connectivity index (χ1) is 8.34. The molecule has 18 heavy (non-hydrogen) atoms. The normalized spacial score (nSPS) is 21.9. The SMILES string of the molecule is CCC1(C(=O)NCC(C)(O)C(=O)O)CCCCC1. The lowest BCUT2D eigenvalue weighted by Gasteiger charge is -2.35. The van der Waals surface area contributed by atoms with Gasteiger partial charge in [-0.05, 0) is 26.2 Å². The maximum Gasteiger partial charge on any atom is 0.337 e. The van der Waals surface area contributed by atoms with E-state index in [0.29, 0.717) is 0 Å². The molecule has 0 aromatic heterocycles. The fraction of sp³-hybridized carbons (Fsp3) is 0.846. The molecule has 0 saturated heterocycles. The lowest BCUT2D eigenvalue weighted by atomic mass is 9.71. The fourth-order valence-corrected chi connectivity index (χ4v) is 2.49. The molecule has 3 N–H and O–H groups in total. The van der Waals surface area contributed by atoms with Gasteiger partial charge in [0.15, 0.2) is 5.60 Å². The van der Waals surface area contributed by atoms with Gasteiger partial charge in [-0.25, -0.2) is 4.79 Å². The zero-order valence-corrected chi connectivity index (χ0v) is 11.2. The molecule has 1 atom stereocenters. The molecular weight excluding hydrogens is 234 g/mol. The van der Waals surface area contributed by atoms with Crippen molar-refractivity contribution >= 4 is 11.9 Å². The molecule has 1 fully saturated rings. The summed E-state index contributed by atoms with van der Waals surface area (Å²) in [4.78, 5) is 23.0. The highest BCUT2D eigenvalue weighted by atomic mass is 16.4. The van der Waals surface area contributed by atoms with Gasteiger partial charge >= 0.3 is 5.97 Å². The molecule has 0 aromatic carbocycles. The molecule has 1 aliphatic carbocycles. The van der Waals surface area contributed by atoms with Crippen LogP contribution in [-0.2, 0) is 9.59 Å². The van der Waals surface area contributed by atoms with Gasteiger partial charge in [-0.3, -0.25) is 4.79 Å². The van der Waals surface area contributed by atoms with E-state index >= 15 is 0 Å². The van der Waals surface area contributed by atoms with Crippen molar-refractivity contribution in [1.29, 1.82) is 0 Å². The summed E-state index contributed by atoms with van der Waals surface area (Å²) in [7, 11) is 0. The molecule has 1 aliphatic rings. The maximum absolute atomic E-state index is 12.2. The standard InChI is InChI=1S/C13H23NO4/c1-3-13(7-5-4-6-8-13)10(15)14-9-12(2,18)11(16)17/h18H,3-9H2,1-2H3,(H,14,15)(H,16,17). The number of carboxylic acid groups (broad SMARTS) is 1. The Kier molecular flexibility index (Phi) is 4.73. The minimum absolute atomic E-state index is 0.119. The van der Waals surface area contributed by atoms with Crippen LogP contribution in [0.2, 0.25) is 0 Å². The van der Waals surface area contributed by atoms with Gasteiger partial charge in [0, 0.05) is 5.41 Å². The van der Waals surface area contributed by atoms with E-state index in [4.69, 9.17) is 5.11 Å². The van der Waals surface area contributed by atoms with Crippen LogP contribution in [0.1, 0.15) is 52.4 Å². The lowest BCUT2D eigenvalue weighted by molar-refractivity contribution is -0.156. The molecule has 104 valence electrons. The van der Waals surface area contributed by atoms with Gasteiger partial charge in [0.05, 0.1) is 6.54 Å². The van der Waals surface area contributed by atoms with Gasteiger partial charge in [0.1, 0.15) is 0 Å². The molecule has 0 aliphatic heterocycles. The van der Waals surface area contributed by atoms with E-state index in [9.17, 15) is 14.7 Å². The Bertz CT molecular complexity index is 319. The molecule has 0 spiro atoms. The van der Waals surface area contributed by atoms with Crippen molar-refractivity contribution in [3.05, 3.63) is 0 Å². The summed E-state index contributed by atoms with van der Waals surface area (Å²) in [5, 5.41) is 21.0. The lowest BCUT2D eigenvalue weighted by Crippen LogP contribution is -2.50. The van der Waals surface area contributed by atoms with E-state index < -0.39 is 11.6 Å². The molecule has 1 amide bonds. The predicted molar refractivity (Wildman–Crippen MR) is 67.1 cm³/mol. The van der Waals surface area contributed by atoms with Crippen LogP contribution in [0.4, 0.5) is 0 Å². The fourth-order valence-electron chi connectivity index (χ4n) is 2.49. The molecule has 0 bridgehead atoms. The van der Waals surface area contributed by atoms with Gasteiger partial charge in [-0.15, -0.1) is 0 Å². The molecule has 5 heteroatoms. The van der Waals surface area contributed by atoms with Gasteiger partial charge in [0.25, 0.3) is 0 Å². The number of aliphatic carboxylic acids is 1. The number of hydrogen-bond acceptors (Lipinski definition) is 3. The molecule has 0 aromatic rings. The molecular formula is C13H23NO4. The Balaban J connectivity index is 2.61. The Morgan fingerprint density at radius 3 is 2.28 bits per heavy atom. The van der Waals surface area contributed by atoms with Crippen LogP contribution in [0.15, 0.2) is 0 Å². The van der Waals surface area contributed by atoms with E-state index in [-0.39, 0.29) is 17.9 Å². The highest BCUT2D eigenvalue weighted by Gasteiger charge is 2.39. The Morgan fingerprint density at radius 1 is 1.28 bits per heavy atom. The first kappa shape index (κ1) is 15.0. The summed E-state index contributed by atoms with van der Waals surface area (Å²) >= 11 is 0. The third kappa shape index (κ3) is 3.22. The van der Waals surface area contributed by atoms with Crippen LogP contribution < -0.4 is 5.32 Å². The monoisotopic (exact) mass is 257 g/mol. The second kappa shape index (κ2) is 5.69. The highest BCUT2D eigenvalue weighted by Crippen LogP contribution is 2.39. The number of amides is 1. The topological polar surface area (TPSA) is 86.6 Å². The average Bonchev–Trinajstić information content (AvgIpc) is 2.36.